The molecule has 24 heavy (non-hydrogen) atoms. The van der Waals surface area contributed by atoms with Crippen molar-refractivity contribution in [2.75, 3.05) is 23.3 Å². The number of anilines is 3. The SMILES string of the molecule is Cc1cc(Nc2nc(-c3ccccc3)cc(N3CCCC3)n2)no1. The molecule has 0 bridgehead atoms. The lowest BCUT2D eigenvalue weighted by Crippen LogP contribution is -2.19. The molecule has 0 saturated carbocycles. The molecule has 1 N–H and O–H groups in total. The van der Waals surface area contributed by atoms with Gasteiger partial charge >= 0.3 is 0 Å². The second-order valence-electron chi connectivity index (χ2n) is 5.94. The van der Waals surface area contributed by atoms with E-state index in [1.54, 1.807) is 0 Å². The molecule has 0 radical (unpaired) electrons. The summed E-state index contributed by atoms with van der Waals surface area (Å²) in [5.74, 6) is 2.84. The van der Waals surface area contributed by atoms with Gasteiger partial charge in [-0.05, 0) is 19.8 Å². The van der Waals surface area contributed by atoms with Crippen LogP contribution < -0.4 is 10.2 Å². The smallest absolute Gasteiger partial charge is 0.231 e. The Hall–Kier alpha value is -2.89. The number of aromatic nitrogens is 3. The summed E-state index contributed by atoms with van der Waals surface area (Å²) in [5, 5.41) is 7.11. The summed E-state index contributed by atoms with van der Waals surface area (Å²) < 4.78 is 5.10. The third kappa shape index (κ3) is 3.08. The van der Waals surface area contributed by atoms with E-state index in [4.69, 9.17) is 4.52 Å². The zero-order valence-electron chi connectivity index (χ0n) is 13.6. The molecule has 0 spiro atoms. The summed E-state index contributed by atoms with van der Waals surface area (Å²) >= 11 is 0. The fraction of sp³-hybridized carbons (Fsp3) is 0.278. The van der Waals surface area contributed by atoms with Crippen LogP contribution in [0, 0.1) is 6.92 Å². The van der Waals surface area contributed by atoms with Crippen LogP contribution in [-0.4, -0.2) is 28.2 Å². The topological polar surface area (TPSA) is 67.1 Å². The molecule has 1 aliphatic rings. The molecule has 0 unspecified atom stereocenters. The predicted octanol–water partition coefficient (Wildman–Crippen LogP) is 3.78. The molecule has 3 heterocycles. The van der Waals surface area contributed by atoms with E-state index in [1.807, 2.05) is 31.2 Å². The third-order valence-corrected chi connectivity index (χ3v) is 4.08. The van der Waals surface area contributed by atoms with E-state index in [0.29, 0.717) is 11.8 Å². The van der Waals surface area contributed by atoms with Crippen LogP contribution in [0.2, 0.25) is 0 Å². The molecule has 122 valence electrons. The number of nitrogens with zero attached hydrogens (tertiary/aromatic N) is 4. The van der Waals surface area contributed by atoms with E-state index in [9.17, 15) is 0 Å². The maximum absolute atomic E-state index is 5.10. The minimum Gasteiger partial charge on any atom is -0.360 e. The minimum absolute atomic E-state index is 0.534. The van der Waals surface area contributed by atoms with Crippen molar-refractivity contribution in [3.63, 3.8) is 0 Å². The molecule has 1 aliphatic heterocycles. The number of nitrogens with one attached hydrogen (secondary N) is 1. The first-order valence-corrected chi connectivity index (χ1v) is 8.18. The average Bonchev–Trinajstić information content (AvgIpc) is 3.27. The summed E-state index contributed by atoms with van der Waals surface area (Å²) in [6.07, 6.45) is 2.41. The van der Waals surface area contributed by atoms with Gasteiger partial charge in [-0.2, -0.15) is 4.98 Å². The molecule has 0 aliphatic carbocycles. The molecular formula is C18H19N5O. The van der Waals surface area contributed by atoms with Gasteiger partial charge in [-0.3, -0.25) is 0 Å². The van der Waals surface area contributed by atoms with Gasteiger partial charge in [0.2, 0.25) is 5.95 Å². The number of aryl methyl sites for hydroxylation is 1. The van der Waals surface area contributed by atoms with E-state index in [-0.39, 0.29) is 0 Å². The van der Waals surface area contributed by atoms with Crippen molar-refractivity contribution in [1.82, 2.24) is 15.1 Å². The van der Waals surface area contributed by atoms with Crippen LogP contribution in [0.4, 0.5) is 17.6 Å². The Kier molecular flexibility index (Phi) is 3.86. The Bertz CT molecular complexity index is 824. The van der Waals surface area contributed by atoms with Gasteiger partial charge in [0.1, 0.15) is 11.6 Å². The maximum Gasteiger partial charge on any atom is 0.231 e. The van der Waals surface area contributed by atoms with Crippen molar-refractivity contribution in [2.24, 2.45) is 0 Å². The second kappa shape index (κ2) is 6.31. The van der Waals surface area contributed by atoms with Gasteiger partial charge in [0.25, 0.3) is 0 Å². The van der Waals surface area contributed by atoms with E-state index in [0.717, 1.165) is 35.9 Å². The Morgan fingerprint density at radius 1 is 1.04 bits per heavy atom. The summed E-state index contributed by atoms with van der Waals surface area (Å²) in [4.78, 5) is 11.6. The van der Waals surface area contributed by atoms with Crippen molar-refractivity contribution in [2.45, 2.75) is 19.8 Å². The molecule has 1 fully saturated rings. The highest BCUT2D eigenvalue weighted by atomic mass is 16.5. The van der Waals surface area contributed by atoms with Gasteiger partial charge < -0.3 is 14.7 Å². The van der Waals surface area contributed by atoms with Gasteiger partial charge in [-0.15, -0.1) is 0 Å². The van der Waals surface area contributed by atoms with E-state index < -0.39 is 0 Å². The number of hydrogen-bond donors (Lipinski definition) is 1. The fourth-order valence-corrected chi connectivity index (χ4v) is 2.90. The van der Waals surface area contributed by atoms with Crippen molar-refractivity contribution in [3.8, 4) is 11.3 Å². The van der Waals surface area contributed by atoms with Crippen LogP contribution in [0.1, 0.15) is 18.6 Å². The van der Waals surface area contributed by atoms with Crippen LogP contribution in [0.5, 0.6) is 0 Å². The Balaban J connectivity index is 1.73. The molecule has 3 aromatic rings. The molecule has 4 rings (SSSR count). The van der Waals surface area contributed by atoms with Crippen LogP contribution in [0.25, 0.3) is 11.3 Å². The Morgan fingerprint density at radius 3 is 2.54 bits per heavy atom. The van der Waals surface area contributed by atoms with Gasteiger partial charge in [-0.1, -0.05) is 35.5 Å². The molecule has 0 atom stereocenters. The summed E-state index contributed by atoms with van der Waals surface area (Å²) in [6, 6.07) is 14.0. The first kappa shape index (κ1) is 14.7. The lowest BCUT2D eigenvalue weighted by Gasteiger charge is -2.18. The first-order valence-electron chi connectivity index (χ1n) is 8.18. The zero-order valence-corrected chi connectivity index (χ0v) is 13.6. The van der Waals surface area contributed by atoms with E-state index in [1.165, 1.54) is 12.8 Å². The number of rotatable bonds is 4. The minimum atomic E-state index is 0.534. The monoisotopic (exact) mass is 321 g/mol. The van der Waals surface area contributed by atoms with Crippen molar-refractivity contribution < 1.29 is 4.52 Å². The highest BCUT2D eigenvalue weighted by Gasteiger charge is 2.17. The Labute approximate surface area is 140 Å². The standard InChI is InChI=1S/C18H19N5O/c1-13-11-16(22-24-13)20-18-19-15(14-7-3-2-4-8-14)12-17(21-18)23-9-5-6-10-23/h2-4,7-8,11-12H,5-6,9-10H2,1H3,(H,19,20,21,22). The molecule has 2 aromatic heterocycles. The molecular weight excluding hydrogens is 302 g/mol. The molecule has 1 saturated heterocycles. The van der Waals surface area contributed by atoms with Gasteiger partial charge in [0.15, 0.2) is 5.82 Å². The highest BCUT2D eigenvalue weighted by molar-refractivity contribution is 5.66. The average molecular weight is 321 g/mol. The fourth-order valence-electron chi connectivity index (χ4n) is 2.90. The van der Waals surface area contributed by atoms with E-state index >= 15 is 0 Å². The van der Waals surface area contributed by atoms with Crippen molar-refractivity contribution in [3.05, 3.63) is 48.2 Å². The summed E-state index contributed by atoms with van der Waals surface area (Å²) in [5.41, 5.74) is 1.97. The quantitative estimate of drug-likeness (QED) is 0.788. The van der Waals surface area contributed by atoms with Gasteiger partial charge in [0, 0.05) is 30.8 Å². The summed E-state index contributed by atoms with van der Waals surface area (Å²) in [7, 11) is 0. The maximum atomic E-state index is 5.10. The first-order chi connectivity index (χ1) is 11.8. The van der Waals surface area contributed by atoms with Gasteiger partial charge in [-0.25, -0.2) is 4.98 Å². The van der Waals surface area contributed by atoms with Crippen LogP contribution in [-0.2, 0) is 0 Å². The summed E-state index contributed by atoms with van der Waals surface area (Å²) in [6.45, 7) is 3.93. The molecule has 6 heteroatoms. The van der Waals surface area contributed by atoms with Crippen LogP contribution >= 0.6 is 0 Å². The number of hydrogen-bond acceptors (Lipinski definition) is 6. The van der Waals surface area contributed by atoms with E-state index in [2.05, 4.69) is 43.5 Å². The second-order valence-corrected chi connectivity index (χ2v) is 5.94. The molecule has 1 aromatic carbocycles. The Morgan fingerprint density at radius 2 is 1.83 bits per heavy atom. The number of benzene rings is 1. The lowest BCUT2D eigenvalue weighted by molar-refractivity contribution is 0.400. The van der Waals surface area contributed by atoms with Crippen LogP contribution in [0.3, 0.4) is 0 Å². The zero-order chi connectivity index (χ0) is 16.4. The normalized spacial score (nSPS) is 14.1. The van der Waals surface area contributed by atoms with Crippen LogP contribution in [0.15, 0.2) is 47.0 Å². The van der Waals surface area contributed by atoms with Gasteiger partial charge in [0.05, 0.1) is 5.69 Å². The largest absolute Gasteiger partial charge is 0.360 e. The third-order valence-electron chi connectivity index (χ3n) is 4.08. The highest BCUT2D eigenvalue weighted by Crippen LogP contribution is 2.26. The van der Waals surface area contributed by atoms with Crippen molar-refractivity contribution in [1.29, 1.82) is 0 Å². The molecule has 0 amide bonds. The lowest BCUT2D eigenvalue weighted by atomic mass is 10.1. The predicted molar refractivity (Wildman–Crippen MR) is 93.4 cm³/mol. The van der Waals surface area contributed by atoms with Crippen molar-refractivity contribution >= 4 is 17.6 Å². The molecule has 6 nitrogen and oxygen atoms in total.